The Labute approximate surface area is 113 Å². The summed E-state index contributed by atoms with van der Waals surface area (Å²) < 4.78 is 18.4. The topological polar surface area (TPSA) is 37.0 Å². The van der Waals surface area contributed by atoms with Crippen LogP contribution >= 0.6 is 0 Å². The smallest absolute Gasteiger partial charge is 0.125 e. The molecule has 19 heavy (non-hydrogen) atoms. The van der Waals surface area contributed by atoms with E-state index in [0.717, 1.165) is 37.1 Å². The van der Waals surface area contributed by atoms with Crippen LogP contribution in [0.2, 0.25) is 0 Å². The number of ether oxygens (including phenoxy) is 1. The number of nitrogens with one attached hydrogen (secondary N) is 2. The normalized spacial score (nSPS) is 13.0. The Morgan fingerprint density at radius 3 is 3.05 bits per heavy atom. The summed E-state index contributed by atoms with van der Waals surface area (Å²) >= 11 is 0. The van der Waals surface area contributed by atoms with Crippen molar-refractivity contribution in [3.05, 3.63) is 35.8 Å². The van der Waals surface area contributed by atoms with Gasteiger partial charge < -0.3 is 15.0 Å². The highest BCUT2D eigenvalue weighted by atomic mass is 19.1. The lowest BCUT2D eigenvalue weighted by atomic mass is 10.1. The van der Waals surface area contributed by atoms with Crippen molar-refractivity contribution >= 4 is 10.9 Å². The molecule has 2 aromatic rings. The van der Waals surface area contributed by atoms with E-state index in [2.05, 4.69) is 17.2 Å². The van der Waals surface area contributed by atoms with Gasteiger partial charge in [0.2, 0.25) is 0 Å². The van der Waals surface area contributed by atoms with Gasteiger partial charge in [0.25, 0.3) is 0 Å². The third-order valence-corrected chi connectivity index (χ3v) is 3.19. The predicted octanol–water partition coefficient (Wildman–Crippen LogP) is 2.86. The van der Waals surface area contributed by atoms with E-state index >= 15 is 0 Å². The van der Waals surface area contributed by atoms with Gasteiger partial charge >= 0.3 is 0 Å². The molecule has 0 bridgehead atoms. The quantitative estimate of drug-likeness (QED) is 0.807. The molecule has 1 atom stereocenters. The molecule has 0 saturated heterocycles. The molecule has 0 aliphatic rings. The molecule has 0 spiro atoms. The summed E-state index contributed by atoms with van der Waals surface area (Å²) in [6.45, 7) is 6.48. The third kappa shape index (κ3) is 3.78. The first kappa shape index (κ1) is 14.0. The lowest BCUT2D eigenvalue weighted by Gasteiger charge is -2.13. The van der Waals surface area contributed by atoms with Crippen LogP contribution < -0.4 is 5.32 Å². The van der Waals surface area contributed by atoms with E-state index in [4.69, 9.17) is 4.74 Å². The number of halogens is 1. The van der Waals surface area contributed by atoms with Crippen LogP contribution in [0, 0.1) is 5.82 Å². The molecule has 0 radical (unpaired) electrons. The Bertz CT molecular complexity index is 524. The van der Waals surface area contributed by atoms with Gasteiger partial charge in [-0.3, -0.25) is 0 Å². The van der Waals surface area contributed by atoms with E-state index in [1.165, 1.54) is 17.7 Å². The van der Waals surface area contributed by atoms with E-state index in [0.29, 0.717) is 6.04 Å². The minimum absolute atomic E-state index is 0.204. The van der Waals surface area contributed by atoms with Gasteiger partial charge in [-0.25, -0.2) is 4.39 Å². The number of fused-ring (bicyclic) bond motifs is 1. The molecule has 0 aliphatic carbocycles. The Hall–Kier alpha value is -1.39. The van der Waals surface area contributed by atoms with Crippen LogP contribution in [0.15, 0.2) is 24.4 Å². The van der Waals surface area contributed by atoms with Crippen molar-refractivity contribution in [1.29, 1.82) is 0 Å². The van der Waals surface area contributed by atoms with Gasteiger partial charge in [-0.05, 0) is 50.6 Å². The molecule has 104 valence electrons. The molecular formula is C15H21FN2O. The average Bonchev–Trinajstić information content (AvgIpc) is 2.79. The number of hydrogen-bond donors (Lipinski definition) is 2. The van der Waals surface area contributed by atoms with Crippen LogP contribution in [0.3, 0.4) is 0 Å². The summed E-state index contributed by atoms with van der Waals surface area (Å²) in [4.78, 5) is 3.11. The van der Waals surface area contributed by atoms with Crippen LogP contribution in [-0.4, -0.2) is 30.8 Å². The van der Waals surface area contributed by atoms with Crippen LogP contribution in [0.5, 0.6) is 0 Å². The summed E-state index contributed by atoms with van der Waals surface area (Å²) in [6, 6.07) is 5.22. The second-order valence-electron chi connectivity index (χ2n) is 4.77. The molecule has 0 amide bonds. The Balaban J connectivity index is 1.88. The van der Waals surface area contributed by atoms with Crippen LogP contribution in [-0.2, 0) is 11.2 Å². The summed E-state index contributed by atoms with van der Waals surface area (Å²) in [5, 5.41) is 4.52. The third-order valence-electron chi connectivity index (χ3n) is 3.19. The van der Waals surface area contributed by atoms with Gasteiger partial charge in [0, 0.05) is 29.7 Å². The first-order chi connectivity index (χ1) is 9.20. The van der Waals surface area contributed by atoms with Gasteiger partial charge in [-0.15, -0.1) is 0 Å². The Morgan fingerprint density at radius 2 is 2.26 bits per heavy atom. The van der Waals surface area contributed by atoms with Crippen molar-refractivity contribution < 1.29 is 9.13 Å². The van der Waals surface area contributed by atoms with Crippen molar-refractivity contribution in [3.63, 3.8) is 0 Å². The molecule has 1 unspecified atom stereocenters. The SMILES string of the molecule is CCOCC(C)NCCc1c[nH]c2cc(F)ccc12. The number of hydrogen-bond acceptors (Lipinski definition) is 2. The van der Waals surface area contributed by atoms with E-state index < -0.39 is 0 Å². The zero-order valence-electron chi connectivity index (χ0n) is 11.5. The standard InChI is InChI=1S/C15H21FN2O/c1-3-19-10-11(2)17-7-6-12-9-18-15-8-13(16)4-5-14(12)15/h4-5,8-9,11,17-18H,3,6-7,10H2,1-2H3. The zero-order valence-corrected chi connectivity index (χ0v) is 11.5. The van der Waals surface area contributed by atoms with E-state index in [-0.39, 0.29) is 5.82 Å². The number of benzene rings is 1. The second-order valence-corrected chi connectivity index (χ2v) is 4.77. The fourth-order valence-corrected chi connectivity index (χ4v) is 2.17. The molecule has 1 aromatic carbocycles. The summed E-state index contributed by atoms with van der Waals surface area (Å²) in [6.07, 6.45) is 2.88. The van der Waals surface area contributed by atoms with Crippen LogP contribution in [0.25, 0.3) is 10.9 Å². The molecule has 0 saturated carbocycles. The van der Waals surface area contributed by atoms with Crippen molar-refractivity contribution in [2.24, 2.45) is 0 Å². The molecule has 2 N–H and O–H groups in total. The number of aromatic amines is 1. The Kier molecular flexibility index (Phi) is 4.93. The largest absolute Gasteiger partial charge is 0.380 e. The molecule has 3 nitrogen and oxygen atoms in total. The number of aromatic nitrogens is 1. The lowest BCUT2D eigenvalue weighted by Crippen LogP contribution is -2.32. The zero-order chi connectivity index (χ0) is 13.7. The minimum atomic E-state index is -0.204. The average molecular weight is 264 g/mol. The fourth-order valence-electron chi connectivity index (χ4n) is 2.17. The van der Waals surface area contributed by atoms with Gasteiger partial charge in [0.15, 0.2) is 0 Å². The predicted molar refractivity (Wildman–Crippen MR) is 75.9 cm³/mol. The monoisotopic (exact) mass is 264 g/mol. The highest BCUT2D eigenvalue weighted by molar-refractivity contribution is 5.83. The maximum atomic E-state index is 13.1. The van der Waals surface area contributed by atoms with Crippen molar-refractivity contribution in [1.82, 2.24) is 10.3 Å². The molecule has 0 aliphatic heterocycles. The fraction of sp³-hybridized carbons (Fsp3) is 0.467. The van der Waals surface area contributed by atoms with Crippen LogP contribution in [0.1, 0.15) is 19.4 Å². The molecular weight excluding hydrogens is 243 g/mol. The Morgan fingerprint density at radius 1 is 1.42 bits per heavy atom. The van der Waals surface area contributed by atoms with Gasteiger partial charge in [-0.1, -0.05) is 0 Å². The second kappa shape index (κ2) is 6.68. The summed E-state index contributed by atoms with van der Waals surface area (Å²) in [5.41, 5.74) is 2.07. The van der Waals surface area contributed by atoms with Gasteiger partial charge in [-0.2, -0.15) is 0 Å². The molecule has 1 aromatic heterocycles. The molecule has 1 heterocycles. The number of H-pyrrole nitrogens is 1. The highest BCUT2D eigenvalue weighted by Gasteiger charge is 2.05. The molecule has 0 fully saturated rings. The maximum Gasteiger partial charge on any atom is 0.125 e. The first-order valence-electron chi connectivity index (χ1n) is 6.77. The summed E-state index contributed by atoms with van der Waals surface area (Å²) in [5.74, 6) is -0.204. The summed E-state index contributed by atoms with van der Waals surface area (Å²) in [7, 11) is 0. The van der Waals surface area contributed by atoms with Gasteiger partial charge in [0.05, 0.1) is 6.61 Å². The molecule has 4 heteroatoms. The van der Waals surface area contributed by atoms with E-state index in [1.807, 2.05) is 19.2 Å². The van der Waals surface area contributed by atoms with Crippen molar-refractivity contribution in [2.75, 3.05) is 19.8 Å². The minimum Gasteiger partial charge on any atom is -0.380 e. The van der Waals surface area contributed by atoms with Crippen molar-refractivity contribution in [2.45, 2.75) is 26.3 Å². The van der Waals surface area contributed by atoms with Crippen molar-refractivity contribution in [3.8, 4) is 0 Å². The highest BCUT2D eigenvalue weighted by Crippen LogP contribution is 2.19. The molecule has 2 rings (SSSR count). The van der Waals surface area contributed by atoms with E-state index in [1.54, 1.807) is 0 Å². The van der Waals surface area contributed by atoms with Gasteiger partial charge in [0.1, 0.15) is 5.82 Å². The first-order valence-corrected chi connectivity index (χ1v) is 6.77. The van der Waals surface area contributed by atoms with Crippen LogP contribution in [0.4, 0.5) is 4.39 Å². The maximum absolute atomic E-state index is 13.1. The number of rotatable bonds is 7. The lowest BCUT2D eigenvalue weighted by molar-refractivity contribution is 0.127. The van der Waals surface area contributed by atoms with E-state index in [9.17, 15) is 4.39 Å².